The molecule has 0 radical (unpaired) electrons. The molecule has 4 aromatic carbocycles. The molecular weight excluding hydrogens is 488 g/mol. The number of hydrogen-bond acceptors (Lipinski definition) is 3. The first-order valence-electron chi connectivity index (χ1n) is 14.5. The van der Waals surface area contributed by atoms with Crippen LogP contribution in [-0.2, 0) is 16.6 Å². The summed E-state index contributed by atoms with van der Waals surface area (Å²) in [5.41, 5.74) is 6.82. The Hall–Kier alpha value is -3.82. The van der Waals surface area contributed by atoms with E-state index in [1.807, 2.05) is 18.2 Å². The molecule has 40 heavy (non-hydrogen) atoms. The van der Waals surface area contributed by atoms with Crippen LogP contribution in [0.4, 0.5) is 5.69 Å². The van der Waals surface area contributed by atoms with E-state index in [4.69, 9.17) is 4.99 Å². The van der Waals surface area contributed by atoms with E-state index in [0.29, 0.717) is 5.92 Å². The number of rotatable bonds is 9. The Labute approximate surface area is 239 Å². The smallest absolute Gasteiger partial charge is 0.134 e. The summed E-state index contributed by atoms with van der Waals surface area (Å²) in [6, 6.07) is 40.1. The van der Waals surface area contributed by atoms with E-state index in [-0.39, 0.29) is 17.1 Å². The third-order valence-corrected chi connectivity index (χ3v) is 8.79. The summed E-state index contributed by atoms with van der Waals surface area (Å²) in [5.74, 6) is 0.765. The standard InChI is InChI=1S/C37H40N2O/c1-28-26-39(27-33(29(2)40)24-30-14-7-4-8-15-30)23-22-37(28,3)34-20-13-21-35(25-34)38-36(31-16-9-5-10-17-31)32-18-11-6-12-19-32/h4-21,25,28,33H,22-24,26-27H2,1-3H3. The second kappa shape index (κ2) is 12.6. The summed E-state index contributed by atoms with van der Waals surface area (Å²) in [4.78, 5) is 20.2. The maximum Gasteiger partial charge on any atom is 0.134 e. The number of nitrogens with zero attached hydrogens (tertiary/aromatic N) is 2. The van der Waals surface area contributed by atoms with Crippen molar-refractivity contribution in [2.45, 2.75) is 39.0 Å². The van der Waals surface area contributed by atoms with Crippen LogP contribution in [-0.4, -0.2) is 36.0 Å². The highest BCUT2D eigenvalue weighted by Crippen LogP contribution is 2.40. The van der Waals surface area contributed by atoms with E-state index in [9.17, 15) is 4.79 Å². The summed E-state index contributed by atoms with van der Waals surface area (Å²) < 4.78 is 0. The molecule has 0 aliphatic carbocycles. The van der Waals surface area contributed by atoms with Crippen LogP contribution in [0.25, 0.3) is 0 Å². The topological polar surface area (TPSA) is 32.7 Å². The molecule has 0 N–H and O–H groups in total. The first-order valence-corrected chi connectivity index (χ1v) is 14.5. The third kappa shape index (κ3) is 6.48. The molecule has 0 aromatic heterocycles. The maximum atomic E-state index is 12.5. The Bertz CT molecular complexity index is 1390. The molecule has 3 atom stereocenters. The molecule has 1 fully saturated rings. The van der Waals surface area contributed by atoms with Gasteiger partial charge in [-0.15, -0.1) is 0 Å². The average Bonchev–Trinajstić information content (AvgIpc) is 2.99. The number of ketones is 1. The number of Topliss-reactive ketones (excluding diaryl/α,β-unsaturated/α-hetero) is 1. The third-order valence-electron chi connectivity index (χ3n) is 8.79. The normalized spacial score (nSPS) is 20.0. The van der Waals surface area contributed by atoms with Crippen molar-refractivity contribution < 1.29 is 4.79 Å². The van der Waals surface area contributed by atoms with E-state index in [0.717, 1.165) is 55.0 Å². The van der Waals surface area contributed by atoms with Crippen molar-refractivity contribution in [1.29, 1.82) is 0 Å². The second-order valence-corrected chi connectivity index (χ2v) is 11.6. The molecule has 1 aliphatic rings. The van der Waals surface area contributed by atoms with Crippen LogP contribution < -0.4 is 0 Å². The molecule has 1 aliphatic heterocycles. The molecule has 3 unspecified atom stereocenters. The van der Waals surface area contributed by atoms with Crippen LogP contribution in [0.3, 0.4) is 0 Å². The van der Waals surface area contributed by atoms with Gasteiger partial charge in [-0.25, -0.2) is 4.99 Å². The Balaban J connectivity index is 1.35. The van der Waals surface area contributed by atoms with E-state index in [1.165, 1.54) is 11.1 Å². The van der Waals surface area contributed by atoms with Crippen LogP contribution in [0.1, 0.15) is 49.4 Å². The van der Waals surface area contributed by atoms with Crippen molar-refractivity contribution in [3.05, 3.63) is 138 Å². The molecule has 0 bridgehead atoms. The van der Waals surface area contributed by atoms with Gasteiger partial charge in [0.25, 0.3) is 0 Å². The molecule has 3 heteroatoms. The van der Waals surface area contributed by atoms with Crippen molar-refractivity contribution in [3.8, 4) is 0 Å². The Kier molecular flexibility index (Phi) is 8.72. The lowest BCUT2D eigenvalue weighted by molar-refractivity contribution is -0.121. The van der Waals surface area contributed by atoms with Gasteiger partial charge in [0.1, 0.15) is 5.78 Å². The Morgan fingerprint density at radius 3 is 2.05 bits per heavy atom. The zero-order valence-electron chi connectivity index (χ0n) is 24.0. The number of piperidine rings is 1. The SMILES string of the molecule is CC(=O)C(Cc1ccccc1)CN1CCC(C)(c2cccc(N=C(c3ccccc3)c3ccccc3)c2)C(C)C1. The Morgan fingerprint density at radius 2 is 1.48 bits per heavy atom. The number of likely N-dealkylation sites (tertiary alicyclic amines) is 1. The quantitative estimate of drug-likeness (QED) is 0.207. The maximum absolute atomic E-state index is 12.5. The molecule has 0 saturated carbocycles. The number of aliphatic imine (C=N–C) groups is 1. The average molecular weight is 529 g/mol. The van der Waals surface area contributed by atoms with Crippen LogP contribution >= 0.6 is 0 Å². The van der Waals surface area contributed by atoms with Crippen LogP contribution in [0.5, 0.6) is 0 Å². The molecule has 4 aromatic rings. The molecule has 3 nitrogen and oxygen atoms in total. The number of carbonyl (C=O) groups excluding carboxylic acids is 1. The van der Waals surface area contributed by atoms with Crippen molar-refractivity contribution in [3.63, 3.8) is 0 Å². The Morgan fingerprint density at radius 1 is 0.875 bits per heavy atom. The van der Waals surface area contributed by atoms with Crippen molar-refractivity contribution in [1.82, 2.24) is 4.90 Å². The second-order valence-electron chi connectivity index (χ2n) is 11.6. The summed E-state index contributed by atoms with van der Waals surface area (Å²) >= 11 is 0. The zero-order chi connectivity index (χ0) is 28.0. The van der Waals surface area contributed by atoms with Gasteiger partial charge in [-0.1, -0.05) is 117 Å². The fraction of sp³-hybridized carbons (Fsp3) is 0.297. The largest absolute Gasteiger partial charge is 0.302 e. The predicted molar refractivity (Wildman–Crippen MR) is 167 cm³/mol. The van der Waals surface area contributed by atoms with E-state index >= 15 is 0 Å². The minimum Gasteiger partial charge on any atom is -0.302 e. The molecule has 1 saturated heterocycles. The molecule has 5 rings (SSSR count). The summed E-state index contributed by atoms with van der Waals surface area (Å²) in [6.45, 7) is 9.32. The molecule has 1 heterocycles. The van der Waals surface area contributed by atoms with Crippen molar-refractivity contribution in [2.24, 2.45) is 16.8 Å². The first-order chi connectivity index (χ1) is 19.4. The van der Waals surface area contributed by atoms with Crippen molar-refractivity contribution >= 4 is 17.2 Å². The van der Waals surface area contributed by atoms with Gasteiger partial charge in [-0.05, 0) is 60.9 Å². The fourth-order valence-electron chi connectivity index (χ4n) is 6.01. The number of carbonyl (C=O) groups is 1. The minimum atomic E-state index is 0.0333. The van der Waals surface area contributed by atoms with Gasteiger partial charge in [0.05, 0.1) is 11.4 Å². The van der Waals surface area contributed by atoms with Gasteiger partial charge < -0.3 is 4.90 Å². The zero-order valence-corrected chi connectivity index (χ0v) is 24.0. The lowest BCUT2D eigenvalue weighted by atomic mass is 9.68. The van der Waals surface area contributed by atoms with Gasteiger partial charge in [0.2, 0.25) is 0 Å². The van der Waals surface area contributed by atoms with Gasteiger partial charge >= 0.3 is 0 Å². The van der Waals surface area contributed by atoms with Gasteiger partial charge in [0, 0.05) is 30.1 Å². The van der Waals surface area contributed by atoms with Gasteiger partial charge in [0.15, 0.2) is 0 Å². The van der Waals surface area contributed by atoms with E-state index in [2.05, 4.69) is 116 Å². The highest BCUT2D eigenvalue weighted by molar-refractivity contribution is 6.13. The van der Waals surface area contributed by atoms with Crippen LogP contribution in [0, 0.1) is 11.8 Å². The van der Waals surface area contributed by atoms with Gasteiger partial charge in [-0.2, -0.15) is 0 Å². The molecular formula is C37H40N2O. The molecule has 204 valence electrons. The predicted octanol–water partition coefficient (Wildman–Crippen LogP) is 7.90. The number of benzene rings is 4. The summed E-state index contributed by atoms with van der Waals surface area (Å²) in [7, 11) is 0. The monoisotopic (exact) mass is 528 g/mol. The van der Waals surface area contributed by atoms with Crippen molar-refractivity contribution in [2.75, 3.05) is 19.6 Å². The molecule has 0 spiro atoms. The van der Waals surface area contributed by atoms with Crippen LogP contribution in [0.15, 0.2) is 120 Å². The number of hydrogen-bond donors (Lipinski definition) is 0. The lowest BCUT2D eigenvalue weighted by Crippen LogP contribution is -2.49. The van der Waals surface area contributed by atoms with E-state index < -0.39 is 0 Å². The van der Waals surface area contributed by atoms with Gasteiger partial charge in [-0.3, -0.25) is 4.79 Å². The van der Waals surface area contributed by atoms with E-state index in [1.54, 1.807) is 6.92 Å². The first kappa shape index (κ1) is 27.7. The highest BCUT2D eigenvalue weighted by atomic mass is 16.1. The summed E-state index contributed by atoms with van der Waals surface area (Å²) in [6.07, 6.45) is 1.87. The fourth-order valence-corrected chi connectivity index (χ4v) is 6.01. The summed E-state index contributed by atoms with van der Waals surface area (Å²) in [5, 5.41) is 0. The highest BCUT2D eigenvalue weighted by Gasteiger charge is 2.38. The minimum absolute atomic E-state index is 0.0333. The lowest BCUT2D eigenvalue weighted by Gasteiger charge is -2.45. The van der Waals surface area contributed by atoms with Crippen LogP contribution in [0.2, 0.25) is 0 Å². The molecule has 0 amide bonds.